The lowest BCUT2D eigenvalue weighted by atomic mass is 9.87. The van der Waals surface area contributed by atoms with Crippen LogP contribution in [0.1, 0.15) is 43.7 Å². The van der Waals surface area contributed by atoms with Gasteiger partial charge in [0.2, 0.25) is 5.88 Å². The first-order chi connectivity index (χ1) is 21.1. The van der Waals surface area contributed by atoms with Crippen LogP contribution >= 0.6 is 11.6 Å². The number of nitrogens with zero attached hydrogens (tertiary/aromatic N) is 4. The molecule has 2 aromatic heterocycles. The van der Waals surface area contributed by atoms with Gasteiger partial charge in [-0.25, -0.2) is 14.8 Å². The van der Waals surface area contributed by atoms with Crippen molar-refractivity contribution in [2.75, 3.05) is 24.8 Å². The highest BCUT2D eigenvalue weighted by atomic mass is 35.5. The molecule has 0 aliphatic carbocycles. The second-order valence-electron chi connectivity index (χ2n) is 13.8. The molecule has 240 valence electrons. The first-order valence-electron chi connectivity index (χ1n) is 15.3. The summed E-state index contributed by atoms with van der Waals surface area (Å²) >= 11 is 6.27. The van der Waals surface area contributed by atoms with Crippen LogP contribution in [0.15, 0.2) is 42.7 Å². The predicted octanol–water partition coefficient (Wildman–Crippen LogP) is 8.15. The van der Waals surface area contributed by atoms with E-state index in [2.05, 4.69) is 47.1 Å². The zero-order valence-corrected chi connectivity index (χ0v) is 29.2. The monoisotopic (exact) mass is 650 g/mol. The predicted molar refractivity (Wildman–Crippen MR) is 182 cm³/mol. The van der Waals surface area contributed by atoms with E-state index in [-0.39, 0.29) is 6.79 Å². The molecule has 5 rings (SSSR count). The molecular weight excluding hydrogens is 608 g/mol. The molecule has 3 heterocycles. The molecule has 0 amide bonds. The normalized spacial score (nSPS) is 14.2. The maximum atomic E-state index is 12.9. The van der Waals surface area contributed by atoms with Crippen molar-refractivity contribution >= 4 is 48.1 Å². The van der Waals surface area contributed by atoms with Crippen LogP contribution < -0.4 is 9.64 Å². The minimum absolute atomic E-state index is 0.120. The van der Waals surface area contributed by atoms with E-state index in [1.807, 2.05) is 52.0 Å². The molecule has 2 aromatic carbocycles. The Labute approximate surface area is 271 Å². The zero-order chi connectivity index (χ0) is 32.7. The summed E-state index contributed by atoms with van der Waals surface area (Å²) in [6, 6.07) is 10.7. The summed E-state index contributed by atoms with van der Waals surface area (Å²) in [4.78, 5) is 24.3. The molecule has 0 saturated carbocycles. The number of carbonyl (C=O) groups is 1. The topological polar surface area (TPSA) is 98.9 Å². The average molecular weight is 651 g/mol. The van der Waals surface area contributed by atoms with Gasteiger partial charge < -0.3 is 28.8 Å². The molecule has 0 unspecified atom stereocenters. The van der Waals surface area contributed by atoms with Crippen molar-refractivity contribution in [1.29, 1.82) is 0 Å². The number of aliphatic carboxylic acids is 1. The number of carboxylic acid groups (broad SMARTS) is 1. The molecule has 1 N–H and O–H groups in total. The number of hydrogen-bond acceptors (Lipinski definition) is 7. The summed E-state index contributed by atoms with van der Waals surface area (Å²) in [7, 11) is -1.18. The van der Waals surface area contributed by atoms with Gasteiger partial charge in [0.1, 0.15) is 0 Å². The SMILES string of the molecule is Cc1c([C@H](OC(C)(C)C)C(=O)O)c(-c2ccc(Cl)cc2)c2cc(C)n3c2c1N(c1cnc(OCOCC[Si](C)(C)C)cn1)CC3. The maximum Gasteiger partial charge on any atom is 0.337 e. The lowest BCUT2D eigenvalue weighted by Gasteiger charge is -2.35. The Balaban J connectivity index is 1.61. The third-order valence-corrected chi connectivity index (χ3v) is 9.87. The Morgan fingerprint density at radius 1 is 1.09 bits per heavy atom. The van der Waals surface area contributed by atoms with E-state index in [0.717, 1.165) is 51.6 Å². The van der Waals surface area contributed by atoms with E-state index in [0.29, 0.717) is 35.4 Å². The van der Waals surface area contributed by atoms with Gasteiger partial charge in [-0.1, -0.05) is 43.4 Å². The Morgan fingerprint density at radius 2 is 1.80 bits per heavy atom. The lowest BCUT2D eigenvalue weighted by Crippen LogP contribution is -2.31. The molecule has 1 aliphatic rings. The van der Waals surface area contributed by atoms with Crippen LogP contribution in [0.3, 0.4) is 0 Å². The quantitative estimate of drug-likeness (QED) is 0.0986. The van der Waals surface area contributed by atoms with Crippen molar-refractivity contribution in [3.8, 4) is 17.0 Å². The third kappa shape index (κ3) is 7.19. The molecule has 4 aromatic rings. The van der Waals surface area contributed by atoms with Gasteiger partial charge in [-0.2, -0.15) is 0 Å². The number of benzene rings is 2. The smallest absolute Gasteiger partial charge is 0.337 e. The minimum Gasteiger partial charge on any atom is -0.479 e. The van der Waals surface area contributed by atoms with Crippen molar-refractivity contribution in [3.05, 3.63) is 64.6 Å². The minimum atomic E-state index is -1.22. The number of aryl methyl sites for hydroxylation is 1. The molecule has 0 radical (unpaired) electrons. The van der Waals surface area contributed by atoms with Crippen molar-refractivity contribution in [2.45, 2.75) is 78.6 Å². The second kappa shape index (κ2) is 12.7. The molecule has 11 heteroatoms. The van der Waals surface area contributed by atoms with Gasteiger partial charge in [0.05, 0.1) is 29.2 Å². The number of rotatable bonds is 11. The van der Waals surface area contributed by atoms with E-state index in [4.69, 9.17) is 30.8 Å². The number of aromatic nitrogens is 3. The fraction of sp³-hybridized carbons (Fsp3) is 0.441. The van der Waals surface area contributed by atoms with Crippen LogP contribution in [-0.4, -0.2) is 59.2 Å². The van der Waals surface area contributed by atoms with Crippen LogP contribution in [0.4, 0.5) is 11.5 Å². The van der Waals surface area contributed by atoms with Gasteiger partial charge in [0.25, 0.3) is 0 Å². The number of anilines is 2. The first-order valence-corrected chi connectivity index (χ1v) is 19.4. The van der Waals surface area contributed by atoms with Crippen LogP contribution in [0.2, 0.25) is 30.7 Å². The Bertz CT molecular complexity index is 1690. The summed E-state index contributed by atoms with van der Waals surface area (Å²) in [5.74, 6) is -0.0277. The highest BCUT2D eigenvalue weighted by molar-refractivity contribution is 6.76. The van der Waals surface area contributed by atoms with Crippen LogP contribution in [-0.2, 0) is 20.8 Å². The summed E-state index contributed by atoms with van der Waals surface area (Å²) in [5.41, 5.74) is 5.39. The average Bonchev–Trinajstić information content (AvgIpc) is 3.29. The molecule has 0 saturated heterocycles. The molecule has 1 atom stereocenters. The number of halogens is 1. The molecule has 1 aliphatic heterocycles. The van der Waals surface area contributed by atoms with E-state index < -0.39 is 25.7 Å². The van der Waals surface area contributed by atoms with Gasteiger partial charge in [-0.15, -0.1) is 0 Å². The molecule has 0 spiro atoms. The maximum absolute atomic E-state index is 12.9. The van der Waals surface area contributed by atoms with Crippen molar-refractivity contribution < 1.29 is 24.1 Å². The van der Waals surface area contributed by atoms with E-state index in [1.165, 1.54) is 0 Å². The summed E-state index contributed by atoms with van der Waals surface area (Å²) in [6.45, 7) is 18.7. The highest BCUT2D eigenvalue weighted by Crippen LogP contribution is 2.49. The van der Waals surface area contributed by atoms with Gasteiger partial charge >= 0.3 is 5.97 Å². The van der Waals surface area contributed by atoms with E-state index >= 15 is 0 Å². The van der Waals surface area contributed by atoms with Crippen molar-refractivity contribution in [1.82, 2.24) is 14.5 Å². The van der Waals surface area contributed by atoms with Crippen LogP contribution in [0, 0.1) is 13.8 Å². The largest absolute Gasteiger partial charge is 0.479 e. The Kier molecular flexibility index (Phi) is 9.33. The third-order valence-electron chi connectivity index (χ3n) is 7.91. The number of carboxylic acids is 1. The van der Waals surface area contributed by atoms with E-state index in [1.54, 1.807) is 12.4 Å². The Hall–Kier alpha value is -3.44. The van der Waals surface area contributed by atoms with Gasteiger partial charge in [0, 0.05) is 49.4 Å². The fourth-order valence-corrected chi connectivity index (χ4v) is 6.71. The summed E-state index contributed by atoms with van der Waals surface area (Å²) in [5, 5.41) is 12.1. The molecule has 45 heavy (non-hydrogen) atoms. The highest BCUT2D eigenvalue weighted by Gasteiger charge is 2.36. The lowest BCUT2D eigenvalue weighted by molar-refractivity contribution is -0.160. The molecular formula is C34H43ClN4O5Si. The van der Waals surface area contributed by atoms with Crippen LogP contribution in [0.5, 0.6) is 5.88 Å². The first kappa shape index (κ1) is 32.9. The van der Waals surface area contributed by atoms with Gasteiger partial charge in [-0.05, 0) is 75.6 Å². The Morgan fingerprint density at radius 3 is 2.40 bits per heavy atom. The summed E-state index contributed by atoms with van der Waals surface area (Å²) < 4.78 is 19.9. The second-order valence-corrected chi connectivity index (χ2v) is 19.8. The van der Waals surface area contributed by atoms with Gasteiger partial charge in [-0.3, -0.25) is 0 Å². The number of hydrogen-bond donors (Lipinski definition) is 1. The molecule has 0 bridgehead atoms. The van der Waals surface area contributed by atoms with E-state index in [9.17, 15) is 9.90 Å². The number of ether oxygens (including phenoxy) is 3. The molecule has 9 nitrogen and oxygen atoms in total. The molecule has 0 fully saturated rings. The standard InChI is InChI=1S/C34H43ClN4O5Si/c1-21-17-25-29(23-9-11-24(35)12-10-23)28(32(33(40)41)44-34(3,4)5)22(2)30-31(25)38(21)13-14-39(30)26-18-37-27(19-36-26)43-20-42-15-16-45(6,7)8/h9-12,17-19,32H,13-16,20H2,1-8H3,(H,40,41)/t32-/m0/s1. The fourth-order valence-electron chi connectivity index (χ4n) is 5.82. The van der Waals surface area contributed by atoms with Crippen molar-refractivity contribution in [3.63, 3.8) is 0 Å². The van der Waals surface area contributed by atoms with Gasteiger partial charge in [0.15, 0.2) is 18.7 Å². The summed E-state index contributed by atoms with van der Waals surface area (Å²) in [6.07, 6.45) is 2.09. The van der Waals surface area contributed by atoms with Crippen LogP contribution in [0.25, 0.3) is 22.0 Å². The zero-order valence-electron chi connectivity index (χ0n) is 27.4. The van der Waals surface area contributed by atoms with Crippen molar-refractivity contribution in [2.24, 2.45) is 0 Å².